The average molecular weight is 385 g/mol. The molecule has 27 heavy (non-hydrogen) atoms. The molecule has 0 saturated carbocycles. The van der Waals surface area contributed by atoms with Crippen LogP contribution in [0.1, 0.15) is 31.2 Å². The van der Waals surface area contributed by atoms with E-state index in [0.717, 1.165) is 24.0 Å². The first kappa shape index (κ1) is 19.0. The number of benzene rings is 2. The van der Waals surface area contributed by atoms with Gasteiger partial charge in [0.2, 0.25) is 5.89 Å². The molecule has 0 fully saturated rings. The molecule has 3 aromatic rings. The van der Waals surface area contributed by atoms with E-state index in [1.807, 2.05) is 48.5 Å². The van der Waals surface area contributed by atoms with Gasteiger partial charge in [-0.2, -0.15) is 0 Å². The highest BCUT2D eigenvalue weighted by Gasteiger charge is 2.12. The summed E-state index contributed by atoms with van der Waals surface area (Å²) in [5.41, 5.74) is 1.70. The fourth-order valence-electron chi connectivity index (χ4n) is 2.45. The molecular weight excluding hydrogens is 364 g/mol. The summed E-state index contributed by atoms with van der Waals surface area (Å²) in [4.78, 5) is 0. The molecular formula is C21H21ClN2O3. The Morgan fingerprint density at radius 3 is 2.67 bits per heavy atom. The summed E-state index contributed by atoms with van der Waals surface area (Å²) < 4.78 is 16.8. The van der Waals surface area contributed by atoms with Crippen molar-refractivity contribution < 1.29 is 13.9 Å². The van der Waals surface area contributed by atoms with Crippen LogP contribution in [0.3, 0.4) is 0 Å². The van der Waals surface area contributed by atoms with Crippen molar-refractivity contribution in [3.05, 3.63) is 60.0 Å². The van der Waals surface area contributed by atoms with E-state index in [2.05, 4.69) is 17.1 Å². The van der Waals surface area contributed by atoms with Gasteiger partial charge < -0.3 is 13.9 Å². The maximum atomic E-state index is 6.39. The SMILES string of the molecule is CCCCOc1cc(/C=C(\Cl)c2nnc(-c3ccccc3)o2)ccc1OC. The Bertz CT molecular complexity index is 907. The van der Waals surface area contributed by atoms with Crippen molar-refractivity contribution in [2.24, 2.45) is 0 Å². The molecule has 0 radical (unpaired) electrons. The van der Waals surface area contributed by atoms with E-state index < -0.39 is 0 Å². The fraction of sp³-hybridized carbons (Fsp3) is 0.238. The predicted octanol–water partition coefficient (Wildman–Crippen LogP) is 5.66. The Labute approximate surface area is 163 Å². The van der Waals surface area contributed by atoms with Crippen molar-refractivity contribution >= 4 is 22.7 Å². The maximum absolute atomic E-state index is 6.39. The zero-order chi connectivity index (χ0) is 19.1. The number of hydrogen-bond acceptors (Lipinski definition) is 5. The second kappa shape index (κ2) is 9.24. The number of rotatable bonds is 8. The molecule has 0 N–H and O–H groups in total. The van der Waals surface area contributed by atoms with Crippen molar-refractivity contribution in [1.82, 2.24) is 10.2 Å². The Morgan fingerprint density at radius 1 is 1.11 bits per heavy atom. The van der Waals surface area contributed by atoms with Crippen LogP contribution in [-0.4, -0.2) is 23.9 Å². The van der Waals surface area contributed by atoms with Crippen molar-refractivity contribution in [2.75, 3.05) is 13.7 Å². The third-order valence-corrected chi connectivity index (χ3v) is 4.16. The van der Waals surface area contributed by atoms with Gasteiger partial charge in [0.15, 0.2) is 11.5 Å². The van der Waals surface area contributed by atoms with Gasteiger partial charge in [-0.15, -0.1) is 10.2 Å². The number of methoxy groups -OCH3 is 1. The molecule has 0 unspecified atom stereocenters. The quantitative estimate of drug-likeness (QED) is 0.469. The molecule has 0 aliphatic rings. The van der Waals surface area contributed by atoms with E-state index in [1.54, 1.807) is 13.2 Å². The van der Waals surface area contributed by atoms with Crippen molar-refractivity contribution in [2.45, 2.75) is 19.8 Å². The lowest BCUT2D eigenvalue weighted by atomic mass is 10.2. The first-order valence-corrected chi connectivity index (χ1v) is 9.16. The monoisotopic (exact) mass is 384 g/mol. The van der Waals surface area contributed by atoms with Gasteiger partial charge in [0.1, 0.15) is 5.03 Å². The Hall–Kier alpha value is -2.79. The van der Waals surface area contributed by atoms with E-state index in [9.17, 15) is 0 Å². The molecule has 6 heteroatoms. The molecule has 2 aromatic carbocycles. The molecule has 3 rings (SSSR count). The van der Waals surface area contributed by atoms with E-state index in [-0.39, 0.29) is 5.89 Å². The summed E-state index contributed by atoms with van der Waals surface area (Å²) in [7, 11) is 1.62. The summed E-state index contributed by atoms with van der Waals surface area (Å²) in [5, 5.41) is 8.45. The number of nitrogens with zero attached hydrogens (tertiary/aromatic N) is 2. The van der Waals surface area contributed by atoms with Gasteiger partial charge in [-0.3, -0.25) is 0 Å². The van der Waals surface area contributed by atoms with Gasteiger partial charge in [0.05, 0.1) is 13.7 Å². The number of ether oxygens (including phenoxy) is 2. The number of aromatic nitrogens is 2. The molecule has 1 heterocycles. The second-order valence-electron chi connectivity index (χ2n) is 5.88. The normalized spacial score (nSPS) is 11.4. The second-order valence-corrected chi connectivity index (χ2v) is 6.29. The molecule has 140 valence electrons. The van der Waals surface area contributed by atoms with Crippen molar-refractivity contribution in [3.8, 4) is 23.0 Å². The van der Waals surface area contributed by atoms with Gasteiger partial charge in [-0.25, -0.2) is 0 Å². The Kier molecular flexibility index (Phi) is 6.49. The van der Waals surface area contributed by atoms with Gasteiger partial charge in [-0.1, -0.05) is 49.2 Å². The zero-order valence-electron chi connectivity index (χ0n) is 15.3. The third kappa shape index (κ3) is 4.89. The highest BCUT2D eigenvalue weighted by Crippen LogP contribution is 2.31. The minimum absolute atomic E-state index is 0.264. The molecule has 0 amide bonds. The van der Waals surface area contributed by atoms with Crippen molar-refractivity contribution in [1.29, 1.82) is 0 Å². The number of hydrogen-bond donors (Lipinski definition) is 0. The lowest BCUT2D eigenvalue weighted by Crippen LogP contribution is -1.99. The highest BCUT2D eigenvalue weighted by molar-refractivity contribution is 6.50. The van der Waals surface area contributed by atoms with Crippen LogP contribution in [0.15, 0.2) is 52.9 Å². The Balaban J connectivity index is 1.81. The van der Waals surface area contributed by atoms with Crippen molar-refractivity contribution in [3.63, 3.8) is 0 Å². The van der Waals surface area contributed by atoms with Crippen LogP contribution in [0, 0.1) is 0 Å². The number of halogens is 1. The minimum Gasteiger partial charge on any atom is -0.493 e. The first-order valence-electron chi connectivity index (χ1n) is 8.78. The molecule has 0 spiro atoms. The van der Waals surface area contributed by atoms with Crippen LogP contribution < -0.4 is 9.47 Å². The van der Waals surface area contributed by atoms with Gasteiger partial charge in [-0.05, 0) is 42.3 Å². The van der Waals surface area contributed by atoms with E-state index in [1.165, 1.54) is 0 Å². The highest BCUT2D eigenvalue weighted by atomic mass is 35.5. The number of unbranched alkanes of at least 4 members (excludes halogenated alkanes) is 1. The van der Waals surface area contributed by atoms with Gasteiger partial charge in [0, 0.05) is 5.56 Å². The van der Waals surface area contributed by atoms with Gasteiger partial charge in [0.25, 0.3) is 5.89 Å². The molecule has 0 saturated heterocycles. The van der Waals surface area contributed by atoms with Crippen LogP contribution in [-0.2, 0) is 0 Å². The van der Waals surface area contributed by atoms with Crippen LogP contribution in [0.5, 0.6) is 11.5 Å². The lowest BCUT2D eigenvalue weighted by Gasteiger charge is -2.11. The summed E-state index contributed by atoms with van der Waals surface area (Å²) in [6, 6.07) is 15.2. The van der Waals surface area contributed by atoms with E-state index in [4.69, 9.17) is 25.5 Å². The standard InChI is InChI=1S/C21H21ClN2O3/c1-3-4-12-26-19-14-15(10-11-18(19)25-2)13-17(22)21-24-23-20(27-21)16-8-6-5-7-9-16/h5-11,13-14H,3-4,12H2,1-2H3/b17-13-. The molecule has 5 nitrogen and oxygen atoms in total. The molecule has 0 aliphatic carbocycles. The topological polar surface area (TPSA) is 57.4 Å². The fourth-order valence-corrected chi connectivity index (χ4v) is 2.65. The zero-order valence-corrected chi connectivity index (χ0v) is 16.1. The predicted molar refractivity (Wildman–Crippen MR) is 107 cm³/mol. The largest absolute Gasteiger partial charge is 0.493 e. The molecule has 0 bridgehead atoms. The maximum Gasteiger partial charge on any atom is 0.259 e. The first-order chi connectivity index (χ1) is 13.2. The van der Waals surface area contributed by atoms with E-state index >= 15 is 0 Å². The lowest BCUT2D eigenvalue weighted by molar-refractivity contribution is 0.288. The smallest absolute Gasteiger partial charge is 0.259 e. The molecule has 1 aromatic heterocycles. The van der Waals surface area contributed by atoms with Crippen LogP contribution >= 0.6 is 11.6 Å². The average Bonchev–Trinajstić information content (AvgIpc) is 3.20. The van der Waals surface area contributed by atoms with Crippen LogP contribution in [0.4, 0.5) is 0 Å². The van der Waals surface area contributed by atoms with Crippen LogP contribution in [0.2, 0.25) is 0 Å². The minimum atomic E-state index is 0.264. The van der Waals surface area contributed by atoms with Gasteiger partial charge >= 0.3 is 0 Å². The summed E-state index contributed by atoms with van der Waals surface area (Å²) in [5.74, 6) is 2.05. The molecule has 0 atom stereocenters. The summed E-state index contributed by atoms with van der Waals surface area (Å²) >= 11 is 6.39. The third-order valence-electron chi connectivity index (χ3n) is 3.89. The van der Waals surface area contributed by atoms with Crippen LogP contribution in [0.25, 0.3) is 22.6 Å². The Morgan fingerprint density at radius 2 is 1.93 bits per heavy atom. The van der Waals surface area contributed by atoms with E-state index in [0.29, 0.717) is 29.0 Å². The molecule has 0 aliphatic heterocycles. The summed E-state index contributed by atoms with van der Waals surface area (Å²) in [6.07, 6.45) is 3.80. The summed E-state index contributed by atoms with van der Waals surface area (Å²) in [6.45, 7) is 2.76.